The maximum absolute atomic E-state index is 12.4. The predicted octanol–water partition coefficient (Wildman–Crippen LogP) is 4.55. The molecule has 2 aromatic carbocycles. The Bertz CT molecular complexity index is 849. The van der Waals surface area contributed by atoms with Crippen LogP contribution < -0.4 is 11.1 Å². The van der Waals surface area contributed by atoms with Crippen LogP contribution in [0.3, 0.4) is 0 Å². The lowest BCUT2D eigenvalue weighted by molar-refractivity contribution is 0.102. The van der Waals surface area contributed by atoms with Crippen LogP contribution in [-0.2, 0) is 0 Å². The van der Waals surface area contributed by atoms with Gasteiger partial charge in [-0.05, 0) is 46.3 Å². The van der Waals surface area contributed by atoms with Crippen molar-refractivity contribution in [3.8, 4) is 0 Å². The number of carbonyl (C=O) groups excluding carboxylic acids is 1. The molecule has 0 spiro atoms. The number of nitrogen functional groups attached to an aromatic ring is 1. The highest BCUT2D eigenvalue weighted by Crippen LogP contribution is 2.33. The first-order chi connectivity index (χ1) is 10.1. The van der Waals surface area contributed by atoms with Crippen LogP contribution in [0.1, 0.15) is 10.4 Å². The van der Waals surface area contributed by atoms with Crippen LogP contribution in [0.5, 0.6) is 0 Å². The van der Waals surface area contributed by atoms with Crippen LogP contribution in [0.15, 0.2) is 40.3 Å². The molecule has 0 saturated carbocycles. The van der Waals surface area contributed by atoms with E-state index in [9.17, 15) is 4.79 Å². The number of anilines is 2. The summed E-state index contributed by atoms with van der Waals surface area (Å²) in [6, 6.07) is 8.67. The summed E-state index contributed by atoms with van der Waals surface area (Å²) >= 11 is 11.0. The predicted molar refractivity (Wildman–Crippen MR) is 91.1 cm³/mol. The largest absolute Gasteiger partial charge is 0.399 e. The monoisotopic (exact) mass is 381 g/mol. The molecule has 1 aromatic heterocycles. The number of halogens is 2. The zero-order valence-electron chi connectivity index (χ0n) is 10.6. The van der Waals surface area contributed by atoms with Gasteiger partial charge in [0.2, 0.25) is 0 Å². The fourth-order valence-electron chi connectivity index (χ4n) is 1.92. The molecule has 0 unspecified atom stereocenters. The molecule has 3 aromatic rings. The van der Waals surface area contributed by atoms with E-state index in [-0.39, 0.29) is 5.91 Å². The van der Waals surface area contributed by atoms with E-state index in [4.69, 9.17) is 17.3 Å². The molecule has 106 valence electrons. The van der Waals surface area contributed by atoms with E-state index in [0.29, 0.717) is 32.0 Å². The summed E-state index contributed by atoms with van der Waals surface area (Å²) < 4.78 is 1.62. The fourth-order valence-corrected chi connectivity index (χ4v) is 3.23. The first-order valence-electron chi connectivity index (χ1n) is 5.94. The van der Waals surface area contributed by atoms with Gasteiger partial charge in [-0.15, -0.1) is 11.3 Å². The SMILES string of the molecule is Nc1ccc(Br)c(C(=O)Nc2c(Cl)ccc3scnc23)c1. The highest BCUT2D eigenvalue weighted by atomic mass is 79.9. The van der Waals surface area contributed by atoms with Crippen LogP contribution in [0.25, 0.3) is 10.2 Å². The average Bonchev–Trinajstić information content (AvgIpc) is 2.93. The van der Waals surface area contributed by atoms with Gasteiger partial charge in [0, 0.05) is 10.2 Å². The van der Waals surface area contributed by atoms with E-state index < -0.39 is 0 Å². The maximum atomic E-state index is 12.4. The minimum absolute atomic E-state index is 0.295. The van der Waals surface area contributed by atoms with Gasteiger partial charge in [-0.25, -0.2) is 4.98 Å². The summed E-state index contributed by atoms with van der Waals surface area (Å²) in [5.74, 6) is -0.295. The average molecular weight is 383 g/mol. The second kappa shape index (κ2) is 5.63. The van der Waals surface area contributed by atoms with Gasteiger partial charge >= 0.3 is 0 Å². The molecule has 21 heavy (non-hydrogen) atoms. The van der Waals surface area contributed by atoms with Gasteiger partial charge in [-0.3, -0.25) is 4.79 Å². The quantitative estimate of drug-likeness (QED) is 0.639. The fraction of sp³-hybridized carbons (Fsp3) is 0. The Morgan fingerprint density at radius 2 is 2.14 bits per heavy atom. The number of aromatic nitrogens is 1. The Morgan fingerprint density at radius 3 is 2.95 bits per heavy atom. The molecule has 1 amide bonds. The summed E-state index contributed by atoms with van der Waals surface area (Å²) in [4.78, 5) is 16.7. The minimum atomic E-state index is -0.295. The van der Waals surface area contributed by atoms with Crippen LogP contribution in [0.2, 0.25) is 5.02 Å². The summed E-state index contributed by atoms with van der Waals surface area (Å²) in [6.45, 7) is 0. The molecule has 0 fully saturated rings. The van der Waals surface area contributed by atoms with Crippen molar-refractivity contribution in [2.45, 2.75) is 0 Å². The summed E-state index contributed by atoms with van der Waals surface area (Å²) in [6.07, 6.45) is 0. The molecule has 7 heteroatoms. The second-order valence-corrected chi connectivity index (χ2v) is 6.46. The number of fused-ring (bicyclic) bond motifs is 1. The number of nitrogens with zero attached hydrogens (tertiary/aromatic N) is 1. The van der Waals surface area contributed by atoms with Gasteiger partial charge in [0.1, 0.15) is 5.52 Å². The zero-order chi connectivity index (χ0) is 15.0. The number of rotatable bonds is 2. The second-order valence-electron chi connectivity index (χ2n) is 4.31. The van der Waals surface area contributed by atoms with Crippen LogP contribution in [-0.4, -0.2) is 10.9 Å². The van der Waals surface area contributed by atoms with E-state index in [1.165, 1.54) is 11.3 Å². The number of benzene rings is 2. The Morgan fingerprint density at radius 1 is 1.33 bits per heavy atom. The first kappa shape index (κ1) is 14.3. The Hall–Kier alpha value is -1.63. The number of hydrogen-bond acceptors (Lipinski definition) is 4. The maximum Gasteiger partial charge on any atom is 0.256 e. The van der Waals surface area contributed by atoms with Crippen molar-refractivity contribution >= 4 is 66.4 Å². The summed E-state index contributed by atoms with van der Waals surface area (Å²) in [5, 5.41) is 3.26. The smallest absolute Gasteiger partial charge is 0.256 e. The van der Waals surface area contributed by atoms with Crippen molar-refractivity contribution in [3.05, 3.63) is 50.9 Å². The lowest BCUT2D eigenvalue weighted by Crippen LogP contribution is -2.13. The summed E-state index contributed by atoms with van der Waals surface area (Å²) in [7, 11) is 0. The van der Waals surface area contributed by atoms with E-state index in [2.05, 4.69) is 26.2 Å². The molecule has 0 radical (unpaired) electrons. The molecule has 4 nitrogen and oxygen atoms in total. The number of nitrogens with one attached hydrogen (secondary N) is 1. The highest BCUT2D eigenvalue weighted by Gasteiger charge is 2.15. The van der Waals surface area contributed by atoms with Gasteiger partial charge in [-0.1, -0.05) is 11.6 Å². The molecule has 0 aliphatic heterocycles. The molecular formula is C14H9BrClN3OS. The van der Waals surface area contributed by atoms with E-state index >= 15 is 0 Å². The van der Waals surface area contributed by atoms with Crippen molar-refractivity contribution in [3.63, 3.8) is 0 Å². The Labute approximate surface area is 138 Å². The van der Waals surface area contributed by atoms with Crippen molar-refractivity contribution in [2.24, 2.45) is 0 Å². The van der Waals surface area contributed by atoms with Crippen molar-refractivity contribution in [2.75, 3.05) is 11.1 Å². The molecule has 0 aliphatic carbocycles. The number of thiazole rings is 1. The highest BCUT2D eigenvalue weighted by molar-refractivity contribution is 9.10. The molecule has 0 bridgehead atoms. The molecule has 3 rings (SSSR count). The lowest BCUT2D eigenvalue weighted by Gasteiger charge is -2.10. The van der Waals surface area contributed by atoms with E-state index in [0.717, 1.165) is 4.70 Å². The number of nitrogens with two attached hydrogens (primary N) is 1. The number of carbonyl (C=O) groups is 1. The van der Waals surface area contributed by atoms with Gasteiger partial charge < -0.3 is 11.1 Å². The molecule has 0 atom stereocenters. The van der Waals surface area contributed by atoms with Crippen LogP contribution in [0.4, 0.5) is 11.4 Å². The van der Waals surface area contributed by atoms with Crippen LogP contribution >= 0.6 is 38.9 Å². The van der Waals surface area contributed by atoms with Gasteiger partial charge in [0.05, 0.1) is 26.5 Å². The van der Waals surface area contributed by atoms with Gasteiger partial charge in [0.25, 0.3) is 5.91 Å². The van der Waals surface area contributed by atoms with Crippen molar-refractivity contribution in [1.29, 1.82) is 0 Å². The normalized spacial score (nSPS) is 10.8. The lowest BCUT2D eigenvalue weighted by atomic mass is 10.2. The molecule has 1 heterocycles. The summed E-state index contributed by atoms with van der Waals surface area (Å²) in [5.41, 5.74) is 9.59. The third-order valence-corrected chi connectivity index (χ3v) is 4.73. The van der Waals surface area contributed by atoms with Gasteiger partial charge in [0.15, 0.2) is 0 Å². The number of hydrogen-bond donors (Lipinski definition) is 2. The topological polar surface area (TPSA) is 68.0 Å². The first-order valence-corrected chi connectivity index (χ1v) is 7.99. The van der Waals surface area contributed by atoms with Crippen molar-refractivity contribution < 1.29 is 4.79 Å². The van der Waals surface area contributed by atoms with Crippen molar-refractivity contribution in [1.82, 2.24) is 4.98 Å². The number of amides is 1. The minimum Gasteiger partial charge on any atom is -0.399 e. The van der Waals surface area contributed by atoms with E-state index in [1.807, 2.05) is 6.07 Å². The third-order valence-electron chi connectivity index (χ3n) is 2.93. The molecular weight excluding hydrogens is 374 g/mol. The Kier molecular flexibility index (Phi) is 3.84. The molecule has 0 saturated heterocycles. The van der Waals surface area contributed by atoms with Gasteiger partial charge in [-0.2, -0.15) is 0 Å². The van der Waals surface area contributed by atoms with Crippen LogP contribution in [0, 0.1) is 0 Å². The molecule has 0 aliphatic rings. The zero-order valence-corrected chi connectivity index (χ0v) is 13.7. The third kappa shape index (κ3) is 2.74. The standard InChI is InChI=1S/C14H9BrClN3OS/c15-9-2-1-7(17)5-8(9)14(20)19-12-10(16)3-4-11-13(12)18-6-21-11/h1-6H,17H2,(H,19,20). The van der Waals surface area contributed by atoms with E-state index in [1.54, 1.807) is 29.8 Å². The Balaban J connectivity index is 2.02. The molecule has 3 N–H and O–H groups in total.